The molecule has 122 valence electrons. The van der Waals surface area contributed by atoms with Gasteiger partial charge in [0, 0.05) is 5.75 Å². The molecule has 1 aromatic carbocycles. The van der Waals surface area contributed by atoms with Gasteiger partial charge in [0.2, 0.25) is 0 Å². The van der Waals surface area contributed by atoms with Crippen LogP contribution in [0.3, 0.4) is 0 Å². The summed E-state index contributed by atoms with van der Waals surface area (Å²) < 4.78 is 12.0. The van der Waals surface area contributed by atoms with Crippen molar-refractivity contribution < 1.29 is 9.47 Å². The third-order valence-corrected chi connectivity index (χ3v) is 5.84. The topological polar surface area (TPSA) is 30.5 Å². The third-order valence-electron chi connectivity index (χ3n) is 4.65. The number of hydrogen-bond acceptors (Lipinski definition) is 4. The summed E-state index contributed by atoms with van der Waals surface area (Å²) in [6.45, 7) is 2.29. The molecule has 0 amide bonds. The van der Waals surface area contributed by atoms with Crippen LogP contribution in [0, 0.1) is 5.92 Å². The number of ether oxygens (including phenoxy) is 2. The van der Waals surface area contributed by atoms with Gasteiger partial charge in [0.1, 0.15) is 6.10 Å². The van der Waals surface area contributed by atoms with Crippen molar-refractivity contribution in [3.05, 3.63) is 23.8 Å². The molecule has 2 saturated heterocycles. The molecule has 2 aliphatic rings. The van der Waals surface area contributed by atoms with E-state index in [1.165, 1.54) is 30.6 Å². The fourth-order valence-corrected chi connectivity index (χ4v) is 4.42. The Morgan fingerprint density at radius 2 is 2.09 bits per heavy atom. The molecule has 0 aliphatic carbocycles. The largest absolute Gasteiger partial charge is 0.493 e. The molecule has 1 unspecified atom stereocenters. The fraction of sp³-hybridized carbons (Fsp3) is 0.667. The maximum absolute atomic E-state index is 6.39. The Bertz CT molecular complexity index is 468. The summed E-state index contributed by atoms with van der Waals surface area (Å²) in [5.41, 5.74) is 1.32. The second-order valence-corrected chi connectivity index (χ2v) is 7.45. The van der Waals surface area contributed by atoms with Crippen LogP contribution in [0.5, 0.6) is 11.5 Å². The standard InChI is InChI=1S/C18H27NO2S/c1-20-17-6-2-4-15(12-14-7-9-19-10-8-14)18(17)21-16-5-3-11-22-13-16/h2,4,6,14,16,19H,3,5,7-13H2,1H3. The number of nitrogens with one attached hydrogen (secondary N) is 1. The molecule has 4 heteroatoms. The van der Waals surface area contributed by atoms with Crippen molar-refractivity contribution in [3.63, 3.8) is 0 Å². The Kier molecular flexibility index (Phi) is 5.90. The molecule has 0 bridgehead atoms. The van der Waals surface area contributed by atoms with Gasteiger partial charge in [-0.25, -0.2) is 0 Å². The number of piperidine rings is 1. The van der Waals surface area contributed by atoms with E-state index >= 15 is 0 Å². The molecular weight excluding hydrogens is 294 g/mol. The van der Waals surface area contributed by atoms with E-state index in [-0.39, 0.29) is 0 Å². The molecule has 2 aliphatic heterocycles. The van der Waals surface area contributed by atoms with Crippen LogP contribution in [0.15, 0.2) is 18.2 Å². The van der Waals surface area contributed by atoms with Crippen LogP contribution in [-0.4, -0.2) is 37.8 Å². The van der Waals surface area contributed by atoms with Gasteiger partial charge in [0.25, 0.3) is 0 Å². The minimum atomic E-state index is 0.335. The molecule has 3 nitrogen and oxygen atoms in total. The van der Waals surface area contributed by atoms with Gasteiger partial charge >= 0.3 is 0 Å². The summed E-state index contributed by atoms with van der Waals surface area (Å²) in [5.74, 6) is 5.02. The summed E-state index contributed by atoms with van der Waals surface area (Å²) in [6, 6.07) is 6.34. The molecule has 0 aromatic heterocycles. The first-order valence-electron chi connectivity index (χ1n) is 8.48. The van der Waals surface area contributed by atoms with Crippen LogP contribution in [0.25, 0.3) is 0 Å². The molecule has 0 saturated carbocycles. The van der Waals surface area contributed by atoms with E-state index in [2.05, 4.69) is 17.4 Å². The smallest absolute Gasteiger partial charge is 0.164 e. The Labute approximate surface area is 138 Å². The third kappa shape index (κ3) is 4.11. The Balaban J connectivity index is 1.75. The van der Waals surface area contributed by atoms with Crippen LogP contribution in [0.1, 0.15) is 31.2 Å². The molecule has 1 atom stereocenters. The van der Waals surface area contributed by atoms with E-state index in [1.807, 2.05) is 17.8 Å². The van der Waals surface area contributed by atoms with Crippen molar-refractivity contribution in [2.75, 3.05) is 31.7 Å². The lowest BCUT2D eigenvalue weighted by Crippen LogP contribution is -2.29. The maximum Gasteiger partial charge on any atom is 0.164 e. The van der Waals surface area contributed by atoms with E-state index in [0.717, 1.165) is 49.1 Å². The molecule has 0 spiro atoms. The normalized spacial score (nSPS) is 23.2. The van der Waals surface area contributed by atoms with Crippen molar-refractivity contribution >= 4 is 11.8 Å². The highest BCUT2D eigenvalue weighted by Crippen LogP contribution is 2.36. The van der Waals surface area contributed by atoms with Crippen LogP contribution in [0.4, 0.5) is 0 Å². The van der Waals surface area contributed by atoms with Gasteiger partial charge in [0.05, 0.1) is 7.11 Å². The van der Waals surface area contributed by atoms with Crippen molar-refractivity contribution in [3.8, 4) is 11.5 Å². The van der Waals surface area contributed by atoms with Crippen molar-refractivity contribution in [2.24, 2.45) is 5.92 Å². The molecule has 22 heavy (non-hydrogen) atoms. The number of thioether (sulfide) groups is 1. The average molecular weight is 321 g/mol. The summed E-state index contributed by atoms with van der Waals surface area (Å²) in [4.78, 5) is 0. The molecule has 1 N–H and O–H groups in total. The highest BCUT2D eigenvalue weighted by Gasteiger charge is 2.22. The van der Waals surface area contributed by atoms with Gasteiger partial charge in [-0.05, 0) is 68.5 Å². The minimum absolute atomic E-state index is 0.335. The molecule has 1 aromatic rings. The lowest BCUT2D eigenvalue weighted by molar-refractivity contribution is 0.199. The van der Waals surface area contributed by atoms with Crippen LogP contribution in [0.2, 0.25) is 0 Å². The van der Waals surface area contributed by atoms with Crippen molar-refractivity contribution in [1.29, 1.82) is 0 Å². The van der Waals surface area contributed by atoms with E-state index in [9.17, 15) is 0 Å². The minimum Gasteiger partial charge on any atom is -0.493 e. The fourth-order valence-electron chi connectivity index (χ4n) is 3.38. The first kappa shape index (κ1) is 16.0. The SMILES string of the molecule is COc1cccc(CC2CCNCC2)c1OC1CCCSC1. The summed E-state index contributed by atoms with van der Waals surface area (Å²) in [7, 11) is 1.74. The second-order valence-electron chi connectivity index (χ2n) is 6.30. The summed E-state index contributed by atoms with van der Waals surface area (Å²) in [6.07, 6.45) is 6.38. The Morgan fingerprint density at radius 1 is 1.23 bits per heavy atom. The van der Waals surface area contributed by atoms with Crippen LogP contribution >= 0.6 is 11.8 Å². The van der Waals surface area contributed by atoms with Gasteiger partial charge in [-0.1, -0.05) is 12.1 Å². The molecule has 2 heterocycles. The number of rotatable bonds is 5. The quantitative estimate of drug-likeness (QED) is 0.899. The van der Waals surface area contributed by atoms with Crippen LogP contribution in [-0.2, 0) is 6.42 Å². The Morgan fingerprint density at radius 3 is 2.82 bits per heavy atom. The van der Waals surface area contributed by atoms with Gasteiger partial charge < -0.3 is 14.8 Å². The monoisotopic (exact) mass is 321 g/mol. The zero-order chi connectivity index (χ0) is 15.2. The number of hydrogen-bond donors (Lipinski definition) is 1. The summed E-state index contributed by atoms with van der Waals surface area (Å²) >= 11 is 2.00. The van der Waals surface area contributed by atoms with E-state index in [1.54, 1.807) is 7.11 Å². The van der Waals surface area contributed by atoms with Crippen molar-refractivity contribution in [1.82, 2.24) is 5.32 Å². The highest BCUT2D eigenvalue weighted by atomic mass is 32.2. The highest BCUT2D eigenvalue weighted by molar-refractivity contribution is 7.99. The first-order chi connectivity index (χ1) is 10.9. The molecular formula is C18H27NO2S. The second kappa shape index (κ2) is 8.11. The number of para-hydroxylation sites is 1. The average Bonchev–Trinajstić information content (AvgIpc) is 2.58. The molecule has 2 fully saturated rings. The van der Waals surface area contributed by atoms with E-state index in [0.29, 0.717) is 6.10 Å². The summed E-state index contributed by atoms with van der Waals surface area (Å²) in [5, 5.41) is 3.44. The van der Waals surface area contributed by atoms with Gasteiger partial charge in [-0.15, -0.1) is 0 Å². The zero-order valence-electron chi connectivity index (χ0n) is 13.5. The Hall–Kier alpha value is -0.870. The van der Waals surface area contributed by atoms with Gasteiger partial charge in [0.15, 0.2) is 11.5 Å². The lowest BCUT2D eigenvalue weighted by Gasteiger charge is -2.27. The van der Waals surface area contributed by atoms with E-state index < -0.39 is 0 Å². The lowest BCUT2D eigenvalue weighted by atomic mass is 9.90. The van der Waals surface area contributed by atoms with Crippen molar-refractivity contribution in [2.45, 2.75) is 38.2 Å². The number of methoxy groups -OCH3 is 1. The molecule has 0 radical (unpaired) electrons. The first-order valence-corrected chi connectivity index (χ1v) is 9.63. The predicted molar refractivity (Wildman–Crippen MR) is 93.3 cm³/mol. The van der Waals surface area contributed by atoms with Crippen LogP contribution < -0.4 is 14.8 Å². The number of benzene rings is 1. The molecule has 3 rings (SSSR count). The maximum atomic E-state index is 6.39. The van der Waals surface area contributed by atoms with E-state index in [4.69, 9.17) is 9.47 Å². The van der Waals surface area contributed by atoms with Gasteiger partial charge in [-0.2, -0.15) is 11.8 Å². The predicted octanol–water partition coefficient (Wildman–Crippen LogP) is 3.51. The van der Waals surface area contributed by atoms with Gasteiger partial charge in [-0.3, -0.25) is 0 Å². The zero-order valence-corrected chi connectivity index (χ0v) is 14.3.